The second-order valence-corrected chi connectivity index (χ2v) is 3.23. The molecule has 0 amide bonds. The normalized spacial score (nSPS) is 22.2. The first kappa shape index (κ1) is 9.70. The molecule has 0 aliphatic carbocycles. The molecule has 0 aromatic heterocycles. The van der Waals surface area contributed by atoms with Crippen LogP contribution < -0.4 is 16.6 Å². The molecule has 1 heterocycles. The van der Waals surface area contributed by atoms with Gasteiger partial charge in [0.1, 0.15) is 0 Å². The van der Waals surface area contributed by atoms with E-state index < -0.39 is 0 Å². The van der Waals surface area contributed by atoms with Gasteiger partial charge in [0.15, 0.2) is 5.11 Å². The monoisotopic (exact) mass is 189 g/mol. The molecule has 5 heteroatoms. The van der Waals surface area contributed by atoms with E-state index in [1.165, 1.54) is 12.8 Å². The van der Waals surface area contributed by atoms with E-state index in [9.17, 15) is 0 Å². The first-order chi connectivity index (χ1) is 5.83. The van der Waals surface area contributed by atoms with Crippen LogP contribution in [0.1, 0.15) is 19.3 Å². The minimum Gasteiger partial charge on any atom is -0.378 e. The zero-order valence-corrected chi connectivity index (χ0v) is 7.82. The Morgan fingerprint density at radius 1 is 1.67 bits per heavy atom. The van der Waals surface area contributed by atoms with Crippen LogP contribution in [0.25, 0.3) is 0 Å². The Morgan fingerprint density at radius 2 is 2.50 bits per heavy atom. The highest BCUT2D eigenvalue weighted by Gasteiger charge is 2.14. The van der Waals surface area contributed by atoms with E-state index in [-0.39, 0.29) is 0 Å². The summed E-state index contributed by atoms with van der Waals surface area (Å²) >= 11 is 4.81. The molecule has 1 aliphatic heterocycles. The summed E-state index contributed by atoms with van der Waals surface area (Å²) in [6.45, 7) is 1.73. The number of thiocarbonyl (C=S) groups is 1. The summed E-state index contributed by atoms with van der Waals surface area (Å²) in [6.07, 6.45) is 3.77. The first-order valence-electron chi connectivity index (χ1n) is 4.19. The third-order valence-electron chi connectivity index (χ3n) is 1.91. The third-order valence-corrected chi connectivity index (χ3v) is 2.17. The molecule has 0 saturated carbocycles. The number of hydrazine groups is 1. The summed E-state index contributed by atoms with van der Waals surface area (Å²) < 4.78 is 5.43. The molecule has 0 aromatic rings. The summed E-state index contributed by atoms with van der Waals surface area (Å²) in [5.41, 5.74) is 2.37. The number of hydrogen-bond acceptors (Lipinski definition) is 3. The SMILES string of the molecule is NNC(=S)NCCC1CCCO1. The Kier molecular flexibility index (Phi) is 4.27. The van der Waals surface area contributed by atoms with Gasteiger partial charge in [0.2, 0.25) is 0 Å². The highest BCUT2D eigenvalue weighted by molar-refractivity contribution is 7.80. The molecule has 0 spiro atoms. The lowest BCUT2D eigenvalue weighted by Crippen LogP contribution is -2.40. The van der Waals surface area contributed by atoms with Crippen molar-refractivity contribution in [2.45, 2.75) is 25.4 Å². The largest absolute Gasteiger partial charge is 0.378 e. The van der Waals surface area contributed by atoms with Gasteiger partial charge in [0, 0.05) is 13.2 Å². The number of ether oxygens (including phenoxy) is 1. The van der Waals surface area contributed by atoms with E-state index in [1.54, 1.807) is 0 Å². The van der Waals surface area contributed by atoms with E-state index in [4.69, 9.17) is 22.8 Å². The van der Waals surface area contributed by atoms with Crippen LogP contribution in [-0.4, -0.2) is 24.4 Å². The van der Waals surface area contributed by atoms with Crippen LogP contribution in [0.4, 0.5) is 0 Å². The van der Waals surface area contributed by atoms with Crippen molar-refractivity contribution in [3.8, 4) is 0 Å². The second kappa shape index (κ2) is 5.29. The lowest BCUT2D eigenvalue weighted by molar-refractivity contribution is 0.105. The van der Waals surface area contributed by atoms with E-state index in [1.807, 2.05) is 0 Å². The fourth-order valence-electron chi connectivity index (χ4n) is 1.27. The quantitative estimate of drug-likeness (QED) is 0.329. The second-order valence-electron chi connectivity index (χ2n) is 2.82. The molecule has 0 radical (unpaired) electrons. The fourth-order valence-corrected chi connectivity index (χ4v) is 1.37. The Hall–Kier alpha value is -0.390. The van der Waals surface area contributed by atoms with Crippen molar-refractivity contribution in [1.29, 1.82) is 0 Å². The molecule has 1 atom stereocenters. The van der Waals surface area contributed by atoms with E-state index in [0.717, 1.165) is 19.6 Å². The molecule has 0 bridgehead atoms. The summed E-state index contributed by atoms with van der Waals surface area (Å²) in [6, 6.07) is 0. The average molecular weight is 189 g/mol. The minimum absolute atomic E-state index is 0.415. The van der Waals surface area contributed by atoms with Crippen LogP contribution in [0.3, 0.4) is 0 Å². The Balaban J connectivity index is 1.97. The van der Waals surface area contributed by atoms with E-state index >= 15 is 0 Å². The predicted molar refractivity (Wildman–Crippen MR) is 51.5 cm³/mol. The van der Waals surface area contributed by atoms with Gasteiger partial charge >= 0.3 is 0 Å². The highest BCUT2D eigenvalue weighted by Crippen LogP contribution is 2.14. The molecule has 1 unspecified atom stereocenters. The number of nitrogens with two attached hydrogens (primary N) is 1. The zero-order valence-electron chi connectivity index (χ0n) is 7.01. The summed E-state index contributed by atoms with van der Waals surface area (Å²) in [5, 5.41) is 3.47. The lowest BCUT2D eigenvalue weighted by Gasteiger charge is -2.10. The van der Waals surface area contributed by atoms with E-state index in [2.05, 4.69) is 10.7 Å². The van der Waals surface area contributed by atoms with E-state index in [0.29, 0.717) is 11.2 Å². The molecule has 4 nitrogen and oxygen atoms in total. The molecule has 1 saturated heterocycles. The van der Waals surface area contributed by atoms with Gasteiger partial charge in [-0.25, -0.2) is 5.84 Å². The van der Waals surface area contributed by atoms with Crippen LogP contribution in [0.2, 0.25) is 0 Å². The van der Waals surface area contributed by atoms with Crippen molar-refractivity contribution >= 4 is 17.3 Å². The van der Waals surface area contributed by atoms with Crippen molar-refractivity contribution in [2.75, 3.05) is 13.2 Å². The van der Waals surface area contributed by atoms with Gasteiger partial charge in [-0.1, -0.05) is 0 Å². The molecule has 1 aliphatic rings. The summed E-state index contributed by atoms with van der Waals surface area (Å²) in [5.74, 6) is 5.08. The van der Waals surface area contributed by atoms with Crippen molar-refractivity contribution in [2.24, 2.45) is 5.84 Å². The van der Waals surface area contributed by atoms with Crippen LogP contribution in [-0.2, 0) is 4.74 Å². The number of rotatable bonds is 3. The molecule has 70 valence electrons. The van der Waals surface area contributed by atoms with Gasteiger partial charge in [-0.2, -0.15) is 0 Å². The van der Waals surface area contributed by atoms with Crippen LogP contribution in [0.5, 0.6) is 0 Å². The molecule has 0 aromatic carbocycles. The van der Waals surface area contributed by atoms with Crippen LogP contribution in [0, 0.1) is 0 Å². The standard InChI is InChI=1S/C7H15N3OS/c8-10-7(12)9-4-3-6-2-1-5-11-6/h6H,1-5,8H2,(H2,9,10,12). The van der Waals surface area contributed by atoms with Gasteiger partial charge < -0.3 is 15.5 Å². The number of hydrogen-bond donors (Lipinski definition) is 3. The maximum absolute atomic E-state index is 5.43. The topological polar surface area (TPSA) is 59.3 Å². The molecule has 1 fully saturated rings. The summed E-state index contributed by atoms with van der Waals surface area (Å²) in [4.78, 5) is 0. The third kappa shape index (κ3) is 3.34. The molecule has 1 rings (SSSR count). The van der Waals surface area contributed by atoms with Crippen molar-refractivity contribution < 1.29 is 4.74 Å². The Labute approximate surface area is 77.8 Å². The van der Waals surface area contributed by atoms with Gasteiger partial charge in [-0.3, -0.25) is 0 Å². The first-order valence-corrected chi connectivity index (χ1v) is 4.60. The zero-order chi connectivity index (χ0) is 8.81. The molecule has 4 N–H and O–H groups in total. The Bertz CT molecular complexity index is 148. The maximum Gasteiger partial charge on any atom is 0.180 e. The maximum atomic E-state index is 5.43. The highest BCUT2D eigenvalue weighted by atomic mass is 32.1. The lowest BCUT2D eigenvalue weighted by atomic mass is 10.2. The van der Waals surface area contributed by atoms with Crippen LogP contribution in [0.15, 0.2) is 0 Å². The van der Waals surface area contributed by atoms with Gasteiger partial charge in [0.25, 0.3) is 0 Å². The van der Waals surface area contributed by atoms with Gasteiger partial charge in [-0.05, 0) is 31.5 Å². The van der Waals surface area contributed by atoms with Gasteiger partial charge in [0.05, 0.1) is 6.10 Å². The molecular formula is C7H15N3OS. The Morgan fingerprint density at radius 3 is 3.08 bits per heavy atom. The smallest absolute Gasteiger partial charge is 0.180 e. The molecular weight excluding hydrogens is 174 g/mol. The minimum atomic E-state index is 0.415. The average Bonchev–Trinajstić information content (AvgIpc) is 2.57. The van der Waals surface area contributed by atoms with Gasteiger partial charge in [-0.15, -0.1) is 0 Å². The number of nitrogens with one attached hydrogen (secondary N) is 2. The van der Waals surface area contributed by atoms with Crippen molar-refractivity contribution in [3.63, 3.8) is 0 Å². The fraction of sp³-hybridized carbons (Fsp3) is 0.857. The van der Waals surface area contributed by atoms with Crippen LogP contribution >= 0.6 is 12.2 Å². The predicted octanol–water partition coefficient (Wildman–Crippen LogP) is -0.107. The summed E-state index contributed by atoms with van der Waals surface area (Å²) in [7, 11) is 0. The van der Waals surface area contributed by atoms with Crippen molar-refractivity contribution in [3.05, 3.63) is 0 Å². The molecule has 12 heavy (non-hydrogen) atoms. The van der Waals surface area contributed by atoms with Crippen molar-refractivity contribution in [1.82, 2.24) is 10.7 Å².